The van der Waals surface area contributed by atoms with Gasteiger partial charge in [0.2, 0.25) is 0 Å². The van der Waals surface area contributed by atoms with Crippen molar-refractivity contribution < 1.29 is 9.90 Å². The zero-order valence-electron chi connectivity index (χ0n) is 9.79. The Morgan fingerprint density at radius 1 is 1.56 bits per heavy atom. The molecule has 0 unspecified atom stereocenters. The number of aromatic carboxylic acids is 1. The summed E-state index contributed by atoms with van der Waals surface area (Å²) >= 11 is 0. The topological polar surface area (TPSA) is 78.9 Å². The van der Waals surface area contributed by atoms with Gasteiger partial charge in [-0.3, -0.25) is 0 Å². The summed E-state index contributed by atoms with van der Waals surface area (Å²) in [6.45, 7) is 1.97. The molecule has 1 aromatic heterocycles. The molecule has 0 aliphatic heterocycles. The van der Waals surface area contributed by atoms with Crippen molar-refractivity contribution >= 4 is 5.97 Å². The number of rotatable bonds is 3. The number of carboxylic acid groups (broad SMARTS) is 1. The minimum absolute atomic E-state index is 0.105. The van der Waals surface area contributed by atoms with Crippen LogP contribution in [0, 0.1) is 11.3 Å². The minimum atomic E-state index is -1.04. The first-order valence-corrected chi connectivity index (χ1v) is 5.47. The Morgan fingerprint density at radius 3 is 2.94 bits per heavy atom. The normalized spacial score (nSPS) is 10.0. The Labute approximate surface area is 104 Å². The highest BCUT2D eigenvalue weighted by Gasteiger charge is 2.11. The largest absolute Gasteiger partial charge is 0.478 e. The number of carboxylic acids is 1. The zero-order valence-corrected chi connectivity index (χ0v) is 9.79. The predicted octanol–water partition coefficient (Wildman–Crippen LogP) is 2.00. The standard InChI is InChI=1S/C13H11N3O2/c1-2-12-15-5-6-16(12)11-4-3-9(13(17)18)7-10(11)8-14/h3-7H,2H2,1H3,(H,17,18). The van der Waals surface area contributed by atoms with E-state index in [-0.39, 0.29) is 5.56 Å². The first-order chi connectivity index (χ1) is 8.67. The molecule has 18 heavy (non-hydrogen) atoms. The molecule has 0 bridgehead atoms. The minimum Gasteiger partial charge on any atom is -0.478 e. The molecule has 0 aliphatic carbocycles. The first-order valence-electron chi connectivity index (χ1n) is 5.47. The van der Waals surface area contributed by atoms with Crippen molar-refractivity contribution in [3.63, 3.8) is 0 Å². The number of aryl methyl sites for hydroxylation is 1. The molecular weight excluding hydrogens is 230 g/mol. The molecule has 1 N–H and O–H groups in total. The van der Waals surface area contributed by atoms with Gasteiger partial charge in [0.25, 0.3) is 0 Å². The maximum Gasteiger partial charge on any atom is 0.335 e. The highest BCUT2D eigenvalue weighted by Crippen LogP contribution is 2.18. The molecule has 5 nitrogen and oxygen atoms in total. The lowest BCUT2D eigenvalue weighted by Crippen LogP contribution is -2.04. The summed E-state index contributed by atoms with van der Waals surface area (Å²) in [6, 6.07) is 6.50. The maximum absolute atomic E-state index is 10.9. The van der Waals surface area contributed by atoms with E-state index in [0.29, 0.717) is 11.3 Å². The fourth-order valence-electron chi connectivity index (χ4n) is 1.78. The van der Waals surface area contributed by atoms with E-state index in [2.05, 4.69) is 4.98 Å². The lowest BCUT2D eigenvalue weighted by Gasteiger charge is -2.09. The summed E-state index contributed by atoms with van der Waals surface area (Å²) < 4.78 is 1.80. The van der Waals surface area contributed by atoms with E-state index in [1.807, 2.05) is 13.0 Å². The molecule has 0 saturated heterocycles. The van der Waals surface area contributed by atoms with Gasteiger partial charge in [-0.25, -0.2) is 9.78 Å². The average Bonchev–Trinajstić information content (AvgIpc) is 2.85. The second-order valence-corrected chi connectivity index (χ2v) is 3.72. The molecular formula is C13H11N3O2. The number of imidazole rings is 1. The monoisotopic (exact) mass is 241 g/mol. The van der Waals surface area contributed by atoms with E-state index in [9.17, 15) is 4.79 Å². The summed E-state index contributed by atoms with van der Waals surface area (Å²) in [4.78, 5) is 15.0. The van der Waals surface area contributed by atoms with Crippen molar-refractivity contribution in [3.8, 4) is 11.8 Å². The predicted molar refractivity (Wildman–Crippen MR) is 64.6 cm³/mol. The van der Waals surface area contributed by atoms with Gasteiger partial charge >= 0.3 is 5.97 Å². The smallest absolute Gasteiger partial charge is 0.335 e. The van der Waals surface area contributed by atoms with E-state index >= 15 is 0 Å². The number of nitriles is 1. The lowest BCUT2D eigenvalue weighted by molar-refractivity contribution is 0.0697. The molecule has 90 valence electrons. The van der Waals surface area contributed by atoms with Crippen molar-refractivity contribution in [3.05, 3.63) is 47.5 Å². The molecule has 5 heteroatoms. The van der Waals surface area contributed by atoms with Gasteiger partial charge in [0.05, 0.1) is 16.8 Å². The van der Waals surface area contributed by atoms with Crippen LogP contribution in [0.15, 0.2) is 30.6 Å². The second kappa shape index (κ2) is 4.72. The van der Waals surface area contributed by atoms with Crippen molar-refractivity contribution in [2.75, 3.05) is 0 Å². The van der Waals surface area contributed by atoms with E-state index in [1.54, 1.807) is 23.0 Å². The van der Waals surface area contributed by atoms with Gasteiger partial charge in [-0.05, 0) is 18.2 Å². The number of hydrogen-bond donors (Lipinski definition) is 1. The average molecular weight is 241 g/mol. The molecule has 0 atom stereocenters. The Morgan fingerprint density at radius 2 is 2.33 bits per heavy atom. The van der Waals surface area contributed by atoms with Crippen molar-refractivity contribution in [2.24, 2.45) is 0 Å². The molecule has 0 amide bonds. The number of hydrogen-bond acceptors (Lipinski definition) is 3. The third-order valence-corrected chi connectivity index (χ3v) is 2.66. The highest BCUT2D eigenvalue weighted by atomic mass is 16.4. The second-order valence-electron chi connectivity index (χ2n) is 3.72. The molecule has 2 aromatic rings. The fourth-order valence-corrected chi connectivity index (χ4v) is 1.78. The molecule has 1 aromatic carbocycles. The van der Waals surface area contributed by atoms with Crippen LogP contribution in [0.5, 0.6) is 0 Å². The Bertz CT molecular complexity index is 638. The van der Waals surface area contributed by atoms with Crippen LogP contribution in [0.25, 0.3) is 5.69 Å². The van der Waals surface area contributed by atoms with Gasteiger partial charge in [0.15, 0.2) is 0 Å². The molecule has 0 spiro atoms. The summed E-state index contributed by atoms with van der Waals surface area (Å²) in [6.07, 6.45) is 4.15. The van der Waals surface area contributed by atoms with Gasteiger partial charge in [-0.1, -0.05) is 6.92 Å². The van der Waals surface area contributed by atoms with Gasteiger partial charge in [0.1, 0.15) is 11.9 Å². The molecule has 0 radical (unpaired) electrons. The molecule has 2 rings (SSSR count). The number of nitrogens with zero attached hydrogens (tertiary/aromatic N) is 3. The summed E-state index contributed by atoms with van der Waals surface area (Å²) in [5.74, 6) is -0.214. The molecule has 0 aliphatic rings. The van der Waals surface area contributed by atoms with Crippen LogP contribution in [0.1, 0.15) is 28.7 Å². The van der Waals surface area contributed by atoms with E-state index in [4.69, 9.17) is 10.4 Å². The maximum atomic E-state index is 10.9. The van der Waals surface area contributed by atoms with Gasteiger partial charge < -0.3 is 9.67 Å². The van der Waals surface area contributed by atoms with Crippen molar-refractivity contribution in [1.29, 1.82) is 5.26 Å². The van der Waals surface area contributed by atoms with Gasteiger partial charge in [-0.2, -0.15) is 5.26 Å². The fraction of sp³-hybridized carbons (Fsp3) is 0.154. The highest BCUT2D eigenvalue weighted by molar-refractivity contribution is 5.88. The van der Waals surface area contributed by atoms with Crippen LogP contribution >= 0.6 is 0 Å². The third kappa shape index (κ3) is 1.96. The molecule has 1 heterocycles. The Hall–Kier alpha value is -2.61. The van der Waals surface area contributed by atoms with Crippen LogP contribution in [0.4, 0.5) is 0 Å². The zero-order chi connectivity index (χ0) is 13.1. The van der Waals surface area contributed by atoms with E-state index in [1.165, 1.54) is 12.1 Å². The Balaban J connectivity index is 2.59. The number of aromatic nitrogens is 2. The van der Waals surface area contributed by atoms with Gasteiger partial charge in [-0.15, -0.1) is 0 Å². The summed E-state index contributed by atoms with van der Waals surface area (Å²) in [5, 5.41) is 18.0. The number of benzene rings is 1. The number of carbonyl (C=O) groups is 1. The first kappa shape index (κ1) is 11.9. The molecule has 0 fully saturated rings. The van der Waals surface area contributed by atoms with Crippen molar-refractivity contribution in [1.82, 2.24) is 9.55 Å². The summed E-state index contributed by atoms with van der Waals surface area (Å²) in [7, 11) is 0. The van der Waals surface area contributed by atoms with Gasteiger partial charge in [0, 0.05) is 18.8 Å². The van der Waals surface area contributed by atoms with E-state index < -0.39 is 5.97 Å². The van der Waals surface area contributed by atoms with Crippen molar-refractivity contribution in [2.45, 2.75) is 13.3 Å². The van der Waals surface area contributed by atoms with E-state index in [0.717, 1.165) is 12.2 Å². The third-order valence-electron chi connectivity index (χ3n) is 2.66. The lowest BCUT2D eigenvalue weighted by atomic mass is 10.1. The summed E-state index contributed by atoms with van der Waals surface area (Å²) in [5.41, 5.74) is 1.08. The Kier molecular flexibility index (Phi) is 3.11. The van der Waals surface area contributed by atoms with Crippen LogP contribution in [0.2, 0.25) is 0 Å². The molecule has 0 saturated carbocycles. The van der Waals surface area contributed by atoms with Crippen LogP contribution < -0.4 is 0 Å². The van der Waals surface area contributed by atoms with Crippen LogP contribution in [-0.4, -0.2) is 20.6 Å². The van der Waals surface area contributed by atoms with Crippen LogP contribution in [0.3, 0.4) is 0 Å². The van der Waals surface area contributed by atoms with Crippen LogP contribution in [-0.2, 0) is 6.42 Å². The SMILES string of the molecule is CCc1nccn1-c1ccc(C(=O)O)cc1C#N. The quantitative estimate of drug-likeness (QED) is 0.891.